The van der Waals surface area contributed by atoms with Gasteiger partial charge >= 0.3 is 5.97 Å². The van der Waals surface area contributed by atoms with Crippen LogP contribution >= 0.6 is 0 Å². The summed E-state index contributed by atoms with van der Waals surface area (Å²) in [5.41, 5.74) is 0.404. The molecule has 0 bridgehead atoms. The highest BCUT2D eigenvalue weighted by molar-refractivity contribution is 5.90. The summed E-state index contributed by atoms with van der Waals surface area (Å²) >= 11 is 0. The molecule has 116 valence electrons. The normalized spacial score (nSPS) is 11.9. The van der Waals surface area contributed by atoms with Gasteiger partial charge in [0.05, 0.1) is 19.9 Å². The van der Waals surface area contributed by atoms with E-state index < -0.39 is 12.0 Å². The monoisotopic (exact) mass is 295 g/mol. The second-order valence-electron chi connectivity index (χ2n) is 5.03. The summed E-state index contributed by atoms with van der Waals surface area (Å²) in [6, 6.07) is 3.94. The first-order chi connectivity index (χ1) is 9.94. The number of nitrogens with zero attached hydrogens (tertiary/aromatic N) is 1. The Balaban J connectivity index is 3.24. The maximum atomic E-state index is 11.5. The molecule has 1 aromatic rings. The molecule has 0 saturated heterocycles. The Morgan fingerprint density at radius 2 is 2.00 bits per heavy atom. The molecule has 1 aromatic carbocycles. The number of carboxylic acid groups (broad SMARTS) is 1. The second-order valence-corrected chi connectivity index (χ2v) is 5.03. The second kappa shape index (κ2) is 7.52. The maximum absolute atomic E-state index is 11.5. The summed E-state index contributed by atoms with van der Waals surface area (Å²) in [5.74, 6) is 0.0418. The molecule has 0 aliphatic carbocycles. The minimum absolute atomic E-state index is 0.137. The van der Waals surface area contributed by atoms with E-state index in [-0.39, 0.29) is 5.92 Å². The van der Waals surface area contributed by atoms with Crippen LogP contribution < -0.4 is 14.4 Å². The lowest BCUT2D eigenvalue weighted by Crippen LogP contribution is -2.41. The number of methoxy groups -OCH3 is 2. The van der Waals surface area contributed by atoms with E-state index in [4.69, 9.17) is 9.47 Å². The van der Waals surface area contributed by atoms with Gasteiger partial charge in [0.25, 0.3) is 0 Å². The molecule has 0 radical (unpaired) electrons. The third-order valence-corrected chi connectivity index (χ3v) is 3.09. The maximum Gasteiger partial charge on any atom is 0.326 e. The van der Waals surface area contributed by atoms with Crippen LogP contribution in [-0.2, 0) is 9.59 Å². The predicted octanol–water partition coefficient (Wildman–Crippen LogP) is 2.17. The highest BCUT2D eigenvalue weighted by Gasteiger charge is 2.28. The molecule has 0 aromatic heterocycles. The van der Waals surface area contributed by atoms with Gasteiger partial charge in [-0.15, -0.1) is 0 Å². The molecule has 0 aliphatic heterocycles. The van der Waals surface area contributed by atoms with Crippen molar-refractivity contribution >= 4 is 18.1 Å². The molecule has 21 heavy (non-hydrogen) atoms. The summed E-state index contributed by atoms with van der Waals surface area (Å²) in [6.45, 7) is 3.81. The minimum Gasteiger partial charge on any atom is -0.497 e. The molecule has 0 aliphatic rings. The molecule has 6 nitrogen and oxygen atoms in total. The number of benzene rings is 1. The Hall–Kier alpha value is -2.24. The number of hydrogen-bond donors (Lipinski definition) is 1. The van der Waals surface area contributed by atoms with Crippen LogP contribution in [0.2, 0.25) is 0 Å². The smallest absolute Gasteiger partial charge is 0.326 e. The number of rotatable bonds is 8. The number of hydrogen-bond acceptors (Lipinski definition) is 4. The van der Waals surface area contributed by atoms with E-state index >= 15 is 0 Å². The molecule has 1 unspecified atom stereocenters. The SMILES string of the molecule is COc1ccc(N(C=O)C(CC(C)C)C(=O)O)c(OC)c1. The van der Waals surface area contributed by atoms with E-state index in [9.17, 15) is 14.7 Å². The number of carboxylic acids is 1. The predicted molar refractivity (Wildman–Crippen MR) is 79.0 cm³/mol. The van der Waals surface area contributed by atoms with Gasteiger partial charge in [-0.05, 0) is 24.5 Å². The Morgan fingerprint density at radius 3 is 2.43 bits per heavy atom. The van der Waals surface area contributed by atoms with Crippen molar-refractivity contribution in [3.63, 3.8) is 0 Å². The van der Waals surface area contributed by atoms with Gasteiger partial charge in [0.15, 0.2) is 0 Å². The first kappa shape index (κ1) is 16.8. The van der Waals surface area contributed by atoms with Gasteiger partial charge in [0, 0.05) is 6.07 Å². The van der Waals surface area contributed by atoms with Gasteiger partial charge in [-0.2, -0.15) is 0 Å². The average Bonchev–Trinajstić information content (AvgIpc) is 2.46. The first-order valence-electron chi connectivity index (χ1n) is 6.63. The zero-order chi connectivity index (χ0) is 16.0. The number of aliphatic carboxylic acids is 1. The van der Waals surface area contributed by atoms with Crippen molar-refractivity contribution in [2.24, 2.45) is 5.92 Å². The fraction of sp³-hybridized carbons (Fsp3) is 0.467. The number of ether oxygens (including phenoxy) is 2. The summed E-state index contributed by atoms with van der Waals surface area (Å²) in [6.07, 6.45) is 0.870. The van der Waals surface area contributed by atoms with E-state index in [1.165, 1.54) is 19.1 Å². The van der Waals surface area contributed by atoms with Gasteiger partial charge in [-0.1, -0.05) is 13.8 Å². The van der Waals surface area contributed by atoms with Crippen molar-refractivity contribution < 1.29 is 24.2 Å². The van der Waals surface area contributed by atoms with Crippen LogP contribution in [0, 0.1) is 5.92 Å². The average molecular weight is 295 g/mol. The Morgan fingerprint density at radius 1 is 1.33 bits per heavy atom. The van der Waals surface area contributed by atoms with Crippen LogP contribution in [0.15, 0.2) is 18.2 Å². The van der Waals surface area contributed by atoms with Gasteiger partial charge in [0.2, 0.25) is 6.41 Å². The molecular weight excluding hydrogens is 274 g/mol. The van der Waals surface area contributed by atoms with E-state index in [0.29, 0.717) is 30.0 Å². The Labute approximate surface area is 124 Å². The topological polar surface area (TPSA) is 76.1 Å². The van der Waals surface area contributed by atoms with Crippen LogP contribution in [0.1, 0.15) is 20.3 Å². The fourth-order valence-corrected chi connectivity index (χ4v) is 2.08. The Bertz CT molecular complexity index is 501. The van der Waals surface area contributed by atoms with Crippen molar-refractivity contribution in [1.29, 1.82) is 0 Å². The quantitative estimate of drug-likeness (QED) is 0.744. The van der Waals surface area contributed by atoms with Crippen molar-refractivity contribution in [2.45, 2.75) is 26.3 Å². The third-order valence-electron chi connectivity index (χ3n) is 3.09. The minimum atomic E-state index is -1.05. The fourth-order valence-electron chi connectivity index (χ4n) is 2.08. The summed E-state index contributed by atoms with van der Waals surface area (Å²) in [7, 11) is 2.98. The lowest BCUT2D eigenvalue weighted by Gasteiger charge is -2.27. The highest BCUT2D eigenvalue weighted by atomic mass is 16.5. The summed E-state index contributed by atoms with van der Waals surface area (Å²) < 4.78 is 10.3. The molecule has 6 heteroatoms. The number of carbonyl (C=O) groups excluding carboxylic acids is 1. The van der Waals surface area contributed by atoms with Crippen LogP contribution in [0.5, 0.6) is 11.5 Å². The largest absolute Gasteiger partial charge is 0.497 e. The first-order valence-corrected chi connectivity index (χ1v) is 6.63. The van der Waals surface area contributed by atoms with Crippen molar-refractivity contribution in [2.75, 3.05) is 19.1 Å². The number of carbonyl (C=O) groups is 2. The van der Waals surface area contributed by atoms with Crippen LogP contribution in [0.3, 0.4) is 0 Å². The Kier molecular flexibility index (Phi) is 6.02. The lowest BCUT2D eigenvalue weighted by atomic mass is 10.0. The molecule has 1 N–H and O–H groups in total. The standard InChI is InChI=1S/C15H21NO5/c1-10(2)7-13(15(18)19)16(9-17)12-6-5-11(20-3)8-14(12)21-4/h5-6,8-10,13H,7H2,1-4H3,(H,18,19). The lowest BCUT2D eigenvalue weighted by molar-refractivity contribution is -0.139. The third kappa shape index (κ3) is 4.11. The zero-order valence-corrected chi connectivity index (χ0v) is 12.7. The molecule has 0 saturated carbocycles. The van der Waals surface area contributed by atoms with Crippen LogP contribution in [-0.4, -0.2) is 37.7 Å². The van der Waals surface area contributed by atoms with Crippen molar-refractivity contribution in [3.05, 3.63) is 18.2 Å². The summed E-state index contributed by atoms with van der Waals surface area (Å²) in [4.78, 5) is 24.1. The van der Waals surface area contributed by atoms with Crippen molar-refractivity contribution in [3.8, 4) is 11.5 Å². The molecule has 0 spiro atoms. The molecule has 1 atom stereocenters. The zero-order valence-electron chi connectivity index (χ0n) is 12.7. The van der Waals surface area contributed by atoms with E-state index in [1.807, 2.05) is 13.8 Å². The van der Waals surface area contributed by atoms with Crippen molar-refractivity contribution in [1.82, 2.24) is 0 Å². The molecular formula is C15H21NO5. The van der Waals surface area contributed by atoms with Gasteiger partial charge < -0.3 is 14.6 Å². The molecule has 0 fully saturated rings. The highest BCUT2D eigenvalue weighted by Crippen LogP contribution is 2.33. The number of anilines is 1. The molecule has 1 amide bonds. The van der Waals surface area contributed by atoms with Gasteiger partial charge in [-0.25, -0.2) is 4.79 Å². The van der Waals surface area contributed by atoms with E-state index in [1.54, 1.807) is 18.2 Å². The van der Waals surface area contributed by atoms with E-state index in [2.05, 4.69) is 0 Å². The summed E-state index contributed by atoms with van der Waals surface area (Å²) in [5, 5.41) is 9.38. The van der Waals surface area contributed by atoms with E-state index in [0.717, 1.165) is 0 Å². The van der Waals surface area contributed by atoms with Gasteiger partial charge in [0.1, 0.15) is 17.5 Å². The van der Waals surface area contributed by atoms with Crippen LogP contribution in [0.4, 0.5) is 5.69 Å². The molecule has 1 rings (SSSR count). The van der Waals surface area contributed by atoms with Crippen LogP contribution in [0.25, 0.3) is 0 Å². The van der Waals surface area contributed by atoms with Gasteiger partial charge in [-0.3, -0.25) is 9.69 Å². The molecule has 0 heterocycles. The number of amides is 1.